The minimum atomic E-state index is -0.308. The van der Waals surface area contributed by atoms with E-state index in [9.17, 15) is 0 Å². The normalized spacial score (nSPS) is 12.8. The quantitative estimate of drug-likeness (QED) is 0.175. The lowest BCUT2D eigenvalue weighted by Gasteiger charge is -2.33. The van der Waals surface area contributed by atoms with Crippen molar-refractivity contribution in [1.82, 2.24) is 4.57 Å². The fourth-order valence-corrected chi connectivity index (χ4v) is 8.70. The van der Waals surface area contributed by atoms with E-state index in [4.69, 9.17) is 13.8 Å². The van der Waals surface area contributed by atoms with Gasteiger partial charge in [-0.05, 0) is 82.9 Å². The van der Waals surface area contributed by atoms with Crippen LogP contribution in [0.25, 0.3) is 82.8 Å². The van der Waals surface area contributed by atoms with E-state index in [1.54, 1.807) is 0 Å². The Morgan fingerprint density at radius 2 is 1.08 bits per heavy atom. The van der Waals surface area contributed by atoms with Crippen molar-refractivity contribution in [3.63, 3.8) is 0 Å². The zero-order valence-corrected chi connectivity index (χ0v) is 28.4. The maximum atomic E-state index is 6.98. The standard InChI is InChI=1S/C48H28BNO3/c1-5-15-40(50-41-16-6-2-11-33(41)34-12-3-7-17-42(34)50)32(10-1)31-22-25-46-39(28-31)49-48-36(14-9-19-47(48)52-46)38-27-30(21-24-45(38)53-49)29-20-23-44-37(26-29)35-13-4-8-18-43(35)51-44/h1-28H. The van der Waals surface area contributed by atoms with Crippen molar-refractivity contribution >= 4 is 61.6 Å². The highest BCUT2D eigenvalue weighted by Gasteiger charge is 2.41. The number of rotatable bonds is 3. The molecule has 2 aliphatic heterocycles. The molecule has 2 aliphatic rings. The predicted octanol–water partition coefficient (Wildman–Crippen LogP) is 11.3. The molecule has 0 fully saturated rings. The molecule has 0 aliphatic carbocycles. The summed E-state index contributed by atoms with van der Waals surface area (Å²) in [7, 11) is 0. The molecule has 246 valence electrons. The van der Waals surface area contributed by atoms with E-state index < -0.39 is 0 Å². The molecule has 8 aromatic carbocycles. The molecular formula is C48H28BNO3. The van der Waals surface area contributed by atoms with Crippen LogP contribution in [0.4, 0.5) is 0 Å². The van der Waals surface area contributed by atoms with Crippen LogP contribution in [0.2, 0.25) is 0 Å². The molecule has 10 aromatic rings. The van der Waals surface area contributed by atoms with Crippen molar-refractivity contribution in [3.8, 4) is 56.3 Å². The summed E-state index contributed by atoms with van der Waals surface area (Å²) in [5.41, 5.74) is 14.1. The number of hydrogen-bond acceptors (Lipinski definition) is 3. The smallest absolute Gasteiger partial charge is 0.434 e. The van der Waals surface area contributed by atoms with Crippen molar-refractivity contribution in [2.24, 2.45) is 0 Å². The largest absolute Gasteiger partial charge is 0.551 e. The average molecular weight is 678 g/mol. The van der Waals surface area contributed by atoms with Gasteiger partial charge in [0.1, 0.15) is 28.4 Å². The second-order valence-electron chi connectivity index (χ2n) is 14.0. The summed E-state index contributed by atoms with van der Waals surface area (Å²) < 4.78 is 22.1. The van der Waals surface area contributed by atoms with E-state index in [0.717, 1.165) is 89.2 Å². The average Bonchev–Trinajstić information content (AvgIpc) is 3.76. The van der Waals surface area contributed by atoms with Gasteiger partial charge >= 0.3 is 6.92 Å². The zero-order chi connectivity index (χ0) is 34.6. The van der Waals surface area contributed by atoms with Gasteiger partial charge in [0, 0.05) is 43.6 Å². The lowest BCUT2D eigenvalue weighted by atomic mass is 9.50. The number of ether oxygens (including phenoxy) is 1. The lowest BCUT2D eigenvalue weighted by molar-refractivity contribution is 0.479. The first-order chi connectivity index (χ1) is 26.3. The fraction of sp³-hybridized carbons (Fsp3) is 0. The van der Waals surface area contributed by atoms with Crippen LogP contribution in [0.15, 0.2) is 174 Å². The number of benzene rings is 8. The molecule has 5 heteroatoms. The summed E-state index contributed by atoms with van der Waals surface area (Å²) in [6.07, 6.45) is 0. The van der Waals surface area contributed by atoms with E-state index in [2.05, 4.69) is 162 Å². The molecule has 0 radical (unpaired) electrons. The molecule has 53 heavy (non-hydrogen) atoms. The van der Waals surface area contributed by atoms with E-state index in [1.807, 2.05) is 12.1 Å². The van der Waals surface area contributed by atoms with Crippen LogP contribution in [0, 0.1) is 0 Å². The number of fused-ring (bicyclic) bond motifs is 10. The van der Waals surface area contributed by atoms with E-state index in [0.29, 0.717) is 0 Å². The molecule has 4 nitrogen and oxygen atoms in total. The zero-order valence-electron chi connectivity index (χ0n) is 28.4. The predicted molar refractivity (Wildman–Crippen MR) is 217 cm³/mol. The van der Waals surface area contributed by atoms with Gasteiger partial charge < -0.3 is 18.4 Å². The van der Waals surface area contributed by atoms with Crippen LogP contribution in [0.1, 0.15) is 0 Å². The first-order valence-electron chi connectivity index (χ1n) is 18.0. The SMILES string of the molecule is c1ccc(-n2c3ccccc3c3ccccc32)c(-c2ccc3c(c2)B2Oc4ccc(-c5ccc6oc7ccccc7c6c5)cc4-c4cccc(c42)O3)c1. The van der Waals surface area contributed by atoms with Crippen molar-refractivity contribution in [2.45, 2.75) is 0 Å². The molecule has 0 saturated carbocycles. The van der Waals surface area contributed by atoms with Crippen LogP contribution >= 0.6 is 0 Å². The Morgan fingerprint density at radius 3 is 1.94 bits per heavy atom. The number of para-hydroxylation sites is 4. The number of nitrogens with zero attached hydrogens (tertiary/aromatic N) is 1. The van der Waals surface area contributed by atoms with Gasteiger partial charge in [0.2, 0.25) is 0 Å². The molecule has 0 bridgehead atoms. The Bertz CT molecular complexity index is 3100. The number of aromatic nitrogens is 1. The Balaban J connectivity index is 0.976. The molecule has 0 amide bonds. The Morgan fingerprint density at radius 1 is 0.415 bits per heavy atom. The third kappa shape index (κ3) is 4.13. The third-order valence-electron chi connectivity index (χ3n) is 11.1. The van der Waals surface area contributed by atoms with Crippen LogP contribution < -0.4 is 20.3 Å². The molecule has 2 aromatic heterocycles. The second-order valence-corrected chi connectivity index (χ2v) is 14.0. The monoisotopic (exact) mass is 677 g/mol. The van der Waals surface area contributed by atoms with Gasteiger partial charge in [-0.1, -0.05) is 109 Å². The van der Waals surface area contributed by atoms with Gasteiger partial charge in [-0.2, -0.15) is 0 Å². The molecule has 4 heterocycles. The Kier molecular flexibility index (Phi) is 5.83. The first kappa shape index (κ1) is 28.7. The lowest BCUT2D eigenvalue weighted by Crippen LogP contribution is -2.53. The summed E-state index contributed by atoms with van der Waals surface area (Å²) in [6, 6.07) is 60.0. The van der Waals surface area contributed by atoms with Gasteiger partial charge in [-0.3, -0.25) is 0 Å². The van der Waals surface area contributed by atoms with Gasteiger partial charge in [0.25, 0.3) is 0 Å². The maximum Gasteiger partial charge on any atom is 0.434 e. The minimum absolute atomic E-state index is 0.308. The van der Waals surface area contributed by atoms with Gasteiger partial charge in [0.05, 0.1) is 16.7 Å². The Hall–Kier alpha value is -6.98. The first-order valence-corrected chi connectivity index (χ1v) is 18.0. The van der Waals surface area contributed by atoms with Crippen molar-refractivity contribution < 1.29 is 13.8 Å². The number of furan rings is 1. The number of hydrogen-bond donors (Lipinski definition) is 0. The van der Waals surface area contributed by atoms with Crippen LogP contribution in [-0.4, -0.2) is 11.5 Å². The topological polar surface area (TPSA) is 36.5 Å². The van der Waals surface area contributed by atoms with Crippen molar-refractivity contribution in [2.75, 3.05) is 0 Å². The van der Waals surface area contributed by atoms with Gasteiger partial charge in [0.15, 0.2) is 0 Å². The third-order valence-corrected chi connectivity index (χ3v) is 11.1. The minimum Gasteiger partial charge on any atom is -0.551 e. The molecule has 0 spiro atoms. The maximum absolute atomic E-state index is 6.98. The fourth-order valence-electron chi connectivity index (χ4n) is 8.70. The summed E-state index contributed by atoms with van der Waals surface area (Å²) in [6.45, 7) is -0.308. The summed E-state index contributed by atoms with van der Waals surface area (Å²) in [5.74, 6) is 2.52. The molecular weight excluding hydrogens is 649 g/mol. The second kappa shape index (κ2) is 10.8. The molecule has 0 unspecified atom stereocenters. The van der Waals surface area contributed by atoms with Gasteiger partial charge in [-0.15, -0.1) is 0 Å². The highest BCUT2D eigenvalue weighted by atomic mass is 16.5. The molecule has 0 N–H and O–H groups in total. The van der Waals surface area contributed by atoms with Crippen molar-refractivity contribution in [3.05, 3.63) is 170 Å². The molecule has 0 saturated heterocycles. The summed E-state index contributed by atoms with van der Waals surface area (Å²) >= 11 is 0. The van der Waals surface area contributed by atoms with Crippen LogP contribution in [0.3, 0.4) is 0 Å². The van der Waals surface area contributed by atoms with E-state index >= 15 is 0 Å². The van der Waals surface area contributed by atoms with Gasteiger partial charge in [-0.25, -0.2) is 0 Å². The van der Waals surface area contributed by atoms with Crippen molar-refractivity contribution in [1.29, 1.82) is 0 Å². The highest BCUT2D eigenvalue weighted by Crippen LogP contribution is 2.43. The highest BCUT2D eigenvalue weighted by molar-refractivity contribution is 6.84. The summed E-state index contributed by atoms with van der Waals surface area (Å²) in [4.78, 5) is 0. The molecule has 12 rings (SSSR count). The van der Waals surface area contributed by atoms with E-state index in [1.165, 1.54) is 21.8 Å². The van der Waals surface area contributed by atoms with Crippen LogP contribution in [0.5, 0.6) is 17.2 Å². The molecule has 0 atom stereocenters. The summed E-state index contributed by atoms with van der Waals surface area (Å²) in [5, 5.41) is 4.73. The van der Waals surface area contributed by atoms with Crippen LogP contribution in [-0.2, 0) is 0 Å². The Labute approximate surface area is 305 Å². The van der Waals surface area contributed by atoms with E-state index in [-0.39, 0.29) is 6.92 Å².